The number of hydrogen-bond donors (Lipinski definition) is 3. The maximum atomic E-state index is 13.2. The molecule has 3 amide bonds. The lowest BCUT2D eigenvalue weighted by Crippen LogP contribution is -2.61. The minimum atomic E-state index is -1.11. The van der Waals surface area contributed by atoms with Gasteiger partial charge in [0.15, 0.2) is 0 Å². The van der Waals surface area contributed by atoms with E-state index < -0.39 is 66.3 Å². The van der Waals surface area contributed by atoms with Crippen molar-refractivity contribution in [1.82, 2.24) is 10.6 Å². The van der Waals surface area contributed by atoms with Gasteiger partial charge >= 0.3 is 5.97 Å². The molecular weight excluding hydrogens is 767 g/mol. The van der Waals surface area contributed by atoms with E-state index in [1.807, 2.05) is 121 Å². The monoisotopic (exact) mass is 821 g/mol. The summed E-state index contributed by atoms with van der Waals surface area (Å²) in [5.41, 5.74) is 9.15. The Balaban J connectivity index is 1.37. The molecule has 1 aliphatic heterocycles. The third kappa shape index (κ3) is 14.8. The van der Waals surface area contributed by atoms with Crippen LogP contribution in [-0.2, 0) is 74.0 Å². The zero-order valence-electron chi connectivity index (χ0n) is 34.1. The molecule has 318 valence electrons. The van der Waals surface area contributed by atoms with Crippen LogP contribution in [0.5, 0.6) is 0 Å². The van der Waals surface area contributed by atoms with Crippen molar-refractivity contribution in [2.75, 3.05) is 13.7 Å². The number of nitrogens with one attached hydrogen (secondary N) is 2. The fourth-order valence-electron chi connectivity index (χ4n) is 6.69. The largest absolute Gasteiger partial charge is 0.467 e. The van der Waals surface area contributed by atoms with Crippen LogP contribution in [0.15, 0.2) is 133 Å². The summed E-state index contributed by atoms with van der Waals surface area (Å²) in [6, 6.07) is 37.3. The first-order valence-electron chi connectivity index (χ1n) is 20.1. The van der Waals surface area contributed by atoms with Gasteiger partial charge < -0.3 is 44.8 Å². The number of esters is 1. The number of ether oxygens (including phenoxy) is 6. The van der Waals surface area contributed by atoms with Crippen molar-refractivity contribution < 1.29 is 47.6 Å². The second-order valence-corrected chi connectivity index (χ2v) is 14.5. The summed E-state index contributed by atoms with van der Waals surface area (Å²) in [6.45, 7) is 2.86. The lowest BCUT2D eigenvalue weighted by Gasteiger charge is -2.46. The fraction of sp³-hybridized carbons (Fsp3) is 0.362. The first kappa shape index (κ1) is 45.4. The molecule has 1 saturated heterocycles. The summed E-state index contributed by atoms with van der Waals surface area (Å²) in [5, 5.41) is 5.14. The van der Waals surface area contributed by atoms with Gasteiger partial charge in [0.05, 0.1) is 46.2 Å². The molecular formula is C47H55N3O10. The summed E-state index contributed by atoms with van der Waals surface area (Å²) in [4.78, 5) is 49.6. The van der Waals surface area contributed by atoms with Gasteiger partial charge in [0.25, 0.3) is 0 Å². The summed E-state index contributed by atoms with van der Waals surface area (Å²) >= 11 is 0. The molecule has 0 radical (unpaired) electrons. The molecule has 0 bridgehead atoms. The Morgan fingerprint density at radius 2 is 1.13 bits per heavy atom. The molecule has 4 aromatic carbocycles. The molecule has 1 heterocycles. The molecule has 0 spiro atoms. The van der Waals surface area contributed by atoms with Crippen LogP contribution in [0.3, 0.4) is 0 Å². The number of primary amides is 1. The van der Waals surface area contributed by atoms with E-state index in [2.05, 4.69) is 10.6 Å². The number of benzene rings is 4. The normalized spacial score (nSPS) is 19.9. The number of hydrogen-bond acceptors (Lipinski definition) is 10. The van der Waals surface area contributed by atoms with E-state index in [1.54, 1.807) is 6.08 Å². The Morgan fingerprint density at radius 3 is 1.62 bits per heavy atom. The smallest absolute Gasteiger partial charge is 0.328 e. The van der Waals surface area contributed by atoms with Crippen LogP contribution < -0.4 is 16.4 Å². The number of amides is 3. The van der Waals surface area contributed by atoms with Gasteiger partial charge in [-0.3, -0.25) is 14.4 Å². The van der Waals surface area contributed by atoms with E-state index in [9.17, 15) is 19.2 Å². The minimum absolute atomic E-state index is 0.0459. The molecule has 13 heteroatoms. The number of rotatable bonds is 23. The first-order chi connectivity index (χ1) is 29.2. The highest BCUT2D eigenvalue weighted by molar-refractivity contribution is 5.94. The van der Waals surface area contributed by atoms with Crippen molar-refractivity contribution in [2.45, 2.75) is 95.2 Å². The minimum Gasteiger partial charge on any atom is -0.467 e. The highest BCUT2D eigenvalue weighted by Crippen LogP contribution is 2.32. The molecule has 7 atom stereocenters. The summed E-state index contributed by atoms with van der Waals surface area (Å²) in [7, 11) is 1.17. The van der Waals surface area contributed by atoms with E-state index >= 15 is 0 Å². The van der Waals surface area contributed by atoms with Gasteiger partial charge in [-0.2, -0.15) is 0 Å². The zero-order chi connectivity index (χ0) is 42.5. The molecule has 1 aliphatic rings. The van der Waals surface area contributed by atoms with Gasteiger partial charge in [0.2, 0.25) is 17.7 Å². The summed E-state index contributed by atoms with van der Waals surface area (Å²) in [5.74, 6) is -2.55. The van der Waals surface area contributed by atoms with Crippen molar-refractivity contribution >= 4 is 23.7 Å². The van der Waals surface area contributed by atoms with E-state index in [0.29, 0.717) is 13.2 Å². The number of nitrogens with two attached hydrogens (primary N) is 1. The SMILES string of the molecule is COC(=O)[C@H](CCC(N)=O)NC(=O)[C@H](C)NC(=O)/C=C/C[C@H]1O[C@H](COCc2ccccc2)[C@H](OCc2ccccc2)[C@H](OCc2ccccc2)[C@H]1OCc1ccccc1. The third-order valence-electron chi connectivity index (χ3n) is 9.85. The van der Waals surface area contributed by atoms with Crippen molar-refractivity contribution in [1.29, 1.82) is 0 Å². The van der Waals surface area contributed by atoms with Crippen molar-refractivity contribution in [3.05, 3.63) is 156 Å². The quantitative estimate of drug-likeness (QED) is 0.0675. The summed E-state index contributed by atoms with van der Waals surface area (Å²) in [6.07, 6.45) is -0.0914. The molecule has 13 nitrogen and oxygen atoms in total. The maximum Gasteiger partial charge on any atom is 0.328 e. The molecule has 4 N–H and O–H groups in total. The molecule has 0 aliphatic carbocycles. The second-order valence-electron chi connectivity index (χ2n) is 14.5. The topological polar surface area (TPSA) is 174 Å². The Labute approximate surface area is 351 Å². The van der Waals surface area contributed by atoms with Gasteiger partial charge in [-0.25, -0.2) is 4.79 Å². The van der Waals surface area contributed by atoms with E-state index in [-0.39, 0.29) is 39.1 Å². The molecule has 4 aromatic rings. The van der Waals surface area contributed by atoms with Crippen LogP contribution in [-0.4, -0.2) is 80.0 Å². The van der Waals surface area contributed by atoms with Crippen LogP contribution in [0.4, 0.5) is 0 Å². The first-order valence-corrected chi connectivity index (χ1v) is 20.1. The average molecular weight is 822 g/mol. The second kappa shape index (κ2) is 24.4. The van der Waals surface area contributed by atoms with E-state index in [4.69, 9.17) is 34.2 Å². The zero-order valence-corrected chi connectivity index (χ0v) is 34.1. The van der Waals surface area contributed by atoms with E-state index in [0.717, 1.165) is 22.3 Å². The number of methoxy groups -OCH3 is 1. The molecule has 0 saturated carbocycles. The molecule has 0 aromatic heterocycles. The van der Waals surface area contributed by atoms with Gasteiger partial charge in [-0.05, 0) is 48.1 Å². The Hall–Kier alpha value is -5.70. The van der Waals surface area contributed by atoms with Crippen LogP contribution in [0.25, 0.3) is 0 Å². The Bertz CT molecular complexity index is 1930. The van der Waals surface area contributed by atoms with Gasteiger partial charge in [0, 0.05) is 6.42 Å². The maximum absolute atomic E-state index is 13.2. The van der Waals surface area contributed by atoms with Crippen LogP contribution >= 0.6 is 0 Å². The van der Waals surface area contributed by atoms with Gasteiger partial charge in [-0.1, -0.05) is 127 Å². The highest BCUT2D eigenvalue weighted by atomic mass is 16.6. The fourth-order valence-corrected chi connectivity index (χ4v) is 6.69. The highest BCUT2D eigenvalue weighted by Gasteiger charge is 2.48. The van der Waals surface area contributed by atoms with Crippen molar-refractivity contribution in [3.8, 4) is 0 Å². The Morgan fingerprint density at radius 1 is 0.667 bits per heavy atom. The van der Waals surface area contributed by atoms with Gasteiger partial charge in [-0.15, -0.1) is 0 Å². The molecule has 1 fully saturated rings. The van der Waals surface area contributed by atoms with Crippen LogP contribution in [0, 0.1) is 0 Å². The number of carbonyl (C=O) groups excluding carboxylic acids is 4. The molecule has 60 heavy (non-hydrogen) atoms. The van der Waals surface area contributed by atoms with Crippen molar-refractivity contribution in [3.63, 3.8) is 0 Å². The number of carbonyl (C=O) groups is 4. The lowest BCUT2D eigenvalue weighted by molar-refractivity contribution is -0.271. The van der Waals surface area contributed by atoms with Gasteiger partial charge in [0.1, 0.15) is 36.5 Å². The van der Waals surface area contributed by atoms with Crippen LogP contribution in [0.1, 0.15) is 48.4 Å². The predicted octanol–water partition coefficient (Wildman–Crippen LogP) is 5.10. The summed E-state index contributed by atoms with van der Waals surface area (Å²) < 4.78 is 38.1. The molecule has 0 unspecified atom stereocenters. The third-order valence-corrected chi connectivity index (χ3v) is 9.85. The van der Waals surface area contributed by atoms with Crippen molar-refractivity contribution in [2.24, 2.45) is 5.73 Å². The Kier molecular flexibility index (Phi) is 18.5. The predicted molar refractivity (Wildman–Crippen MR) is 224 cm³/mol. The van der Waals surface area contributed by atoms with E-state index in [1.165, 1.54) is 20.1 Å². The lowest BCUT2D eigenvalue weighted by atomic mass is 9.92. The average Bonchev–Trinajstić information content (AvgIpc) is 3.27. The molecule has 5 rings (SSSR count). The standard InChI is InChI=1S/C47H55N3O10/c1-33(46(53)50-38(47(54)55-2)26-27-41(48)51)49-42(52)25-15-24-39-43(57-29-35-18-9-4-10-19-35)45(59-31-37-22-13-6-14-23-37)44(58-30-36-20-11-5-12-21-36)40(60-39)32-56-28-34-16-7-3-8-17-34/h3-23,25,33,38-40,43-45H,24,26-32H2,1-2H3,(H2,48,51)(H,49,52)(H,50,53)/b25-15+/t33-,38-,39+,40+,43-,44-,45+/m0/s1. The van der Waals surface area contributed by atoms with Crippen LogP contribution in [0.2, 0.25) is 0 Å².